The van der Waals surface area contributed by atoms with E-state index >= 15 is 0 Å². The quantitative estimate of drug-likeness (QED) is 0.797. The summed E-state index contributed by atoms with van der Waals surface area (Å²) < 4.78 is 0. The number of nitrogens with zero attached hydrogens (tertiary/aromatic N) is 3. The van der Waals surface area contributed by atoms with Crippen LogP contribution in [0.1, 0.15) is 20.8 Å². The Hall–Kier alpha value is -1.82. The van der Waals surface area contributed by atoms with Crippen LogP contribution < -0.4 is 0 Å². The van der Waals surface area contributed by atoms with Crippen molar-refractivity contribution < 1.29 is 14.7 Å². The normalized spacial score (nSPS) is 18.9. The van der Waals surface area contributed by atoms with Crippen LogP contribution in [0.25, 0.3) is 0 Å². The highest BCUT2D eigenvalue weighted by Gasteiger charge is 2.28. The largest absolute Gasteiger partial charge is 0.476 e. The zero-order valence-corrected chi connectivity index (χ0v) is 10.0. The predicted octanol–water partition coefficient (Wildman–Crippen LogP) is 1.14. The Labute approximate surface area is 99.4 Å². The minimum absolute atomic E-state index is 0.0901. The molecule has 0 spiro atoms. The Balaban J connectivity index is 2.28. The first kappa shape index (κ1) is 11.7. The molecule has 0 saturated heterocycles. The Kier molecular flexibility index (Phi) is 2.89. The van der Waals surface area contributed by atoms with E-state index in [9.17, 15) is 4.79 Å². The van der Waals surface area contributed by atoms with Crippen LogP contribution in [0.5, 0.6) is 0 Å². The fourth-order valence-electron chi connectivity index (χ4n) is 1.68. The van der Waals surface area contributed by atoms with Crippen molar-refractivity contribution in [3.05, 3.63) is 23.9 Å². The van der Waals surface area contributed by atoms with Gasteiger partial charge in [0, 0.05) is 11.9 Å². The van der Waals surface area contributed by atoms with E-state index < -0.39 is 5.97 Å². The number of carboxylic acid groups (broad SMARTS) is 1. The predicted molar refractivity (Wildman–Crippen MR) is 61.7 cm³/mol. The van der Waals surface area contributed by atoms with E-state index in [2.05, 4.69) is 4.99 Å². The highest BCUT2D eigenvalue weighted by atomic mass is 16.7. The Morgan fingerprint density at radius 1 is 1.53 bits per heavy atom. The minimum atomic E-state index is -1.02. The highest BCUT2D eigenvalue weighted by Crippen LogP contribution is 2.25. The van der Waals surface area contributed by atoms with Crippen LogP contribution >= 0.6 is 0 Å². The molecule has 2 aliphatic heterocycles. The van der Waals surface area contributed by atoms with Gasteiger partial charge >= 0.3 is 5.97 Å². The van der Waals surface area contributed by atoms with E-state index in [1.807, 2.05) is 20.8 Å². The number of carboxylic acids is 1. The summed E-state index contributed by atoms with van der Waals surface area (Å²) in [6.07, 6.45) is 3.03. The molecular weight excluding hydrogens is 222 g/mol. The van der Waals surface area contributed by atoms with E-state index in [1.165, 1.54) is 5.06 Å². The number of hydrogen-bond acceptors (Lipinski definition) is 5. The molecule has 0 aromatic carbocycles. The molecule has 92 valence electrons. The second-order valence-electron chi connectivity index (χ2n) is 4.26. The first-order valence-corrected chi connectivity index (χ1v) is 5.41. The van der Waals surface area contributed by atoms with Gasteiger partial charge in [-0.15, -0.1) is 0 Å². The third-order valence-electron chi connectivity index (χ3n) is 2.29. The van der Waals surface area contributed by atoms with E-state index in [0.29, 0.717) is 12.4 Å². The van der Waals surface area contributed by atoms with Crippen LogP contribution in [0.15, 0.2) is 28.9 Å². The average Bonchev–Trinajstić information content (AvgIpc) is 2.54. The van der Waals surface area contributed by atoms with Crippen molar-refractivity contribution in [3.63, 3.8) is 0 Å². The van der Waals surface area contributed by atoms with E-state index in [0.717, 1.165) is 5.71 Å². The lowest BCUT2D eigenvalue weighted by molar-refractivity contribution is -0.156. The van der Waals surface area contributed by atoms with Crippen molar-refractivity contribution in [2.75, 3.05) is 6.54 Å². The molecule has 0 aromatic rings. The summed E-state index contributed by atoms with van der Waals surface area (Å²) in [5.74, 6) is -0.321. The summed E-state index contributed by atoms with van der Waals surface area (Å²) in [6.45, 7) is 6.21. The third kappa shape index (κ3) is 2.31. The van der Waals surface area contributed by atoms with Crippen LogP contribution in [-0.4, -0.2) is 39.4 Å². The SMILES string of the molecule is CC1=NC2=CN(OC(C)C)C(C(=O)O)=CN2C1. The van der Waals surface area contributed by atoms with Gasteiger partial charge in [0.1, 0.15) is 0 Å². The summed E-state index contributed by atoms with van der Waals surface area (Å²) in [6, 6.07) is 0. The fourth-order valence-corrected chi connectivity index (χ4v) is 1.68. The van der Waals surface area contributed by atoms with Gasteiger partial charge < -0.3 is 10.0 Å². The molecule has 1 N–H and O–H groups in total. The molecule has 2 aliphatic rings. The Morgan fingerprint density at radius 2 is 2.24 bits per heavy atom. The van der Waals surface area contributed by atoms with Crippen molar-refractivity contribution in [1.29, 1.82) is 0 Å². The molecular formula is C11H15N3O3. The van der Waals surface area contributed by atoms with Gasteiger partial charge in [0.05, 0.1) is 18.8 Å². The molecule has 2 rings (SSSR count). The number of aliphatic imine (C=N–C) groups is 1. The van der Waals surface area contributed by atoms with Crippen molar-refractivity contribution in [3.8, 4) is 0 Å². The summed E-state index contributed by atoms with van der Waals surface area (Å²) in [5.41, 5.74) is 1.04. The van der Waals surface area contributed by atoms with Gasteiger partial charge in [-0.05, 0) is 20.8 Å². The van der Waals surface area contributed by atoms with E-state index in [-0.39, 0.29) is 11.8 Å². The minimum Gasteiger partial charge on any atom is -0.476 e. The van der Waals surface area contributed by atoms with Gasteiger partial charge in [0.15, 0.2) is 11.5 Å². The molecule has 0 unspecified atom stereocenters. The molecule has 0 aliphatic carbocycles. The number of hydrogen-bond donors (Lipinski definition) is 1. The maximum absolute atomic E-state index is 11.1. The number of hydroxylamine groups is 2. The standard InChI is InChI=1S/C11H15N3O3/c1-7(2)17-14-6-10-12-8(3)4-13(10)5-9(14)11(15)16/h5-7H,4H2,1-3H3,(H,15,16). The van der Waals surface area contributed by atoms with Crippen molar-refractivity contribution in [2.24, 2.45) is 4.99 Å². The topological polar surface area (TPSA) is 65.4 Å². The number of fused-ring (bicyclic) bond motifs is 1. The van der Waals surface area contributed by atoms with Crippen LogP contribution in [-0.2, 0) is 9.63 Å². The van der Waals surface area contributed by atoms with Gasteiger partial charge in [-0.1, -0.05) is 0 Å². The molecule has 0 radical (unpaired) electrons. The molecule has 6 heteroatoms. The summed E-state index contributed by atoms with van der Waals surface area (Å²) in [7, 11) is 0. The molecule has 17 heavy (non-hydrogen) atoms. The highest BCUT2D eigenvalue weighted by molar-refractivity contribution is 5.89. The molecule has 0 saturated carbocycles. The molecule has 6 nitrogen and oxygen atoms in total. The van der Waals surface area contributed by atoms with Crippen LogP contribution in [0.2, 0.25) is 0 Å². The second kappa shape index (κ2) is 4.21. The fraction of sp³-hybridized carbons (Fsp3) is 0.455. The van der Waals surface area contributed by atoms with Gasteiger partial charge in [0.25, 0.3) is 0 Å². The lowest BCUT2D eigenvalue weighted by Gasteiger charge is -2.29. The Morgan fingerprint density at radius 3 is 2.82 bits per heavy atom. The van der Waals surface area contributed by atoms with Gasteiger partial charge in [-0.2, -0.15) is 0 Å². The Bertz CT molecular complexity index is 437. The maximum atomic E-state index is 11.1. The maximum Gasteiger partial charge on any atom is 0.356 e. The van der Waals surface area contributed by atoms with Crippen LogP contribution in [0, 0.1) is 0 Å². The van der Waals surface area contributed by atoms with Gasteiger partial charge in [-0.3, -0.25) is 4.84 Å². The third-order valence-corrected chi connectivity index (χ3v) is 2.29. The second-order valence-corrected chi connectivity index (χ2v) is 4.26. The van der Waals surface area contributed by atoms with E-state index in [4.69, 9.17) is 9.94 Å². The van der Waals surface area contributed by atoms with Gasteiger partial charge in [-0.25, -0.2) is 14.9 Å². The molecule has 2 heterocycles. The number of rotatable bonds is 3. The zero-order chi connectivity index (χ0) is 12.6. The summed E-state index contributed by atoms with van der Waals surface area (Å²) in [5, 5.41) is 10.4. The van der Waals surface area contributed by atoms with Crippen molar-refractivity contribution >= 4 is 11.7 Å². The smallest absolute Gasteiger partial charge is 0.356 e. The summed E-state index contributed by atoms with van der Waals surface area (Å²) in [4.78, 5) is 22.7. The van der Waals surface area contributed by atoms with E-state index in [1.54, 1.807) is 17.3 Å². The molecule has 0 bridgehead atoms. The van der Waals surface area contributed by atoms with Gasteiger partial charge in [0.2, 0.25) is 0 Å². The van der Waals surface area contributed by atoms with Crippen LogP contribution in [0.4, 0.5) is 0 Å². The average molecular weight is 237 g/mol. The van der Waals surface area contributed by atoms with Crippen LogP contribution in [0.3, 0.4) is 0 Å². The molecule has 0 atom stereocenters. The molecule has 0 aromatic heterocycles. The molecule has 0 fully saturated rings. The lowest BCUT2D eigenvalue weighted by atomic mass is 10.3. The first-order chi connectivity index (χ1) is 7.97. The van der Waals surface area contributed by atoms with Crippen molar-refractivity contribution in [2.45, 2.75) is 26.9 Å². The number of aliphatic carboxylic acids is 1. The lowest BCUT2D eigenvalue weighted by Crippen LogP contribution is -2.33. The zero-order valence-electron chi connectivity index (χ0n) is 10.0. The monoisotopic (exact) mass is 237 g/mol. The number of carbonyl (C=O) groups is 1. The first-order valence-electron chi connectivity index (χ1n) is 5.41. The van der Waals surface area contributed by atoms with Crippen molar-refractivity contribution in [1.82, 2.24) is 9.96 Å². The summed E-state index contributed by atoms with van der Waals surface area (Å²) >= 11 is 0. The molecule has 0 amide bonds.